The molecule has 1 N–H and O–H groups in total. The van der Waals surface area contributed by atoms with Gasteiger partial charge in [0, 0.05) is 37.9 Å². The monoisotopic (exact) mass is 518 g/mol. The first-order valence-corrected chi connectivity index (χ1v) is 12.4. The van der Waals surface area contributed by atoms with Gasteiger partial charge in [0.2, 0.25) is 11.8 Å². The molecule has 0 radical (unpaired) electrons. The van der Waals surface area contributed by atoms with Gasteiger partial charge in [0.1, 0.15) is 0 Å². The molecule has 2 aliphatic heterocycles. The van der Waals surface area contributed by atoms with E-state index in [0.29, 0.717) is 12.5 Å². The molecule has 1 atom stereocenters. The Bertz CT molecular complexity index is 964. The fourth-order valence-electron chi connectivity index (χ4n) is 5.38. The number of piperidine rings is 1. The average molecular weight is 520 g/mol. The van der Waals surface area contributed by atoms with Gasteiger partial charge in [-0.3, -0.25) is 14.6 Å². The highest BCUT2D eigenvalue weighted by Crippen LogP contribution is 2.42. The Kier molecular flexibility index (Phi) is 9.56. The summed E-state index contributed by atoms with van der Waals surface area (Å²) in [4.78, 5) is 34.4. The van der Waals surface area contributed by atoms with Gasteiger partial charge < -0.3 is 15.1 Å². The number of aromatic nitrogens is 1. The molecule has 1 aliphatic carbocycles. The van der Waals surface area contributed by atoms with Crippen molar-refractivity contribution in [1.82, 2.24) is 20.1 Å². The molecule has 2 amide bonds. The summed E-state index contributed by atoms with van der Waals surface area (Å²) >= 11 is 0. The minimum atomic E-state index is -0.183. The highest BCUT2D eigenvalue weighted by molar-refractivity contribution is 5.86. The van der Waals surface area contributed by atoms with Crippen molar-refractivity contribution in [3.8, 4) is 0 Å². The highest BCUT2D eigenvalue weighted by Gasteiger charge is 2.47. The quantitative estimate of drug-likeness (QED) is 0.562. The van der Waals surface area contributed by atoms with Crippen LogP contribution in [0.15, 0.2) is 54.9 Å². The zero-order valence-corrected chi connectivity index (χ0v) is 21.7. The molecule has 3 aliphatic rings. The van der Waals surface area contributed by atoms with Crippen molar-refractivity contribution in [3.05, 3.63) is 66.0 Å². The summed E-state index contributed by atoms with van der Waals surface area (Å²) in [5.41, 5.74) is 2.09. The molecule has 0 bridgehead atoms. The molecule has 35 heavy (non-hydrogen) atoms. The maximum absolute atomic E-state index is 13.3. The molecule has 3 heterocycles. The van der Waals surface area contributed by atoms with Crippen LogP contribution in [0, 0.1) is 11.3 Å². The third kappa shape index (κ3) is 6.54. The molecule has 1 saturated carbocycles. The van der Waals surface area contributed by atoms with E-state index in [1.54, 1.807) is 6.20 Å². The van der Waals surface area contributed by atoms with Gasteiger partial charge in [0.05, 0.1) is 11.5 Å². The van der Waals surface area contributed by atoms with Gasteiger partial charge in [0.25, 0.3) is 0 Å². The number of likely N-dealkylation sites (tertiary alicyclic amines) is 2. The standard InChI is InChI=1S/C27H34N4O2.2ClH/c32-25(23-8-9-23)29-24(22-6-2-1-3-7-22)10-15-30-16-11-27(12-17-30)13-18-31(26(27)33)20-21-5-4-14-28-19-21;;/h1-7,14,19,23-24H,8-13,15-18,20H2,(H,29,32);2*1H. The van der Waals surface area contributed by atoms with Gasteiger partial charge in [-0.15, -0.1) is 24.8 Å². The highest BCUT2D eigenvalue weighted by atomic mass is 35.5. The predicted molar refractivity (Wildman–Crippen MR) is 142 cm³/mol. The molecule has 2 saturated heterocycles. The van der Waals surface area contributed by atoms with Crippen LogP contribution in [-0.2, 0) is 16.1 Å². The number of benzene rings is 1. The normalized spacial score (nSPS) is 20.1. The Labute approximate surface area is 220 Å². The van der Waals surface area contributed by atoms with Crippen molar-refractivity contribution in [3.63, 3.8) is 0 Å². The maximum Gasteiger partial charge on any atom is 0.229 e. The van der Waals surface area contributed by atoms with E-state index in [1.807, 2.05) is 41.4 Å². The van der Waals surface area contributed by atoms with E-state index in [9.17, 15) is 9.59 Å². The van der Waals surface area contributed by atoms with Crippen LogP contribution in [0.5, 0.6) is 0 Å². The van der Waals surface area contributed by atoms with Crippen molar-refractivity contribution in [1.29, 1.82) is 0 Å². The van der Waals surface area contributed by atoms with E-state index < -0.39 is 0 Å². The lowest BCUT2D eigenvalue weighted by Crippen LogP contribution is -2.45. The number of nitrogens with one attached hydrogen (secondary N) is 1. The first kappa shape index (κ1) is 27.4. The number of pyridine rings is 1. The van der Waals surface area contributed by atoms with Gasteiger partial charge in [-0.05, 0) is 68.8 Å². The lowest BCUT2D eigenvalue weighted by atomic mass is 9.77. The Hall–Kier alpha value is -2.15. The Balaban J connectivity index is 0.00000171. The van der Waals surface area contributed by atoms with Crippen molar-refractivity contribution >= 4 is 36.6 Å². The second-order valence-electron chi connectivity index (χ2n) is 9.99. The zero-order valence-electron chi connectivity index (χ0n) is 20.1. The van der Waals surface area contributed by atoms with Crippen molar-refractivity contribution in [2.75, 3.05) is 26.2 Å². The smallest absolute Gasteiger partial charge is 0.229 e. The fourth-order valence-corrected chi connectivity index (χ4v) is 5.38. The lowest BCUT2D eigenvalue weighted by Gasteiger charge is -2.38. The van der Waals surface area contributed by atoms with Crippen molar-refractivity contribution < 1.29 is 9.59 Å². The van der Waals surface area contributed by atoms with E-state index >= 15 is 0 Å². The summed E-state index contributed by atoms with van der Waals surface area (Å²) in [6.07, 6.45) is 9.39. The minimum Gasteiger partial charge on any atom is -0.349 e. The number of amides is 2. The minimum absolute atomic E-state index is 0. The van der Waals surface area contributed by atoms with Crippen LogP contribution < -0.4 is 5.32 Å². The van der Waals surface area contributed by atoms with E-state index in [-0.39, 0.29) is 48.1 Å². The Morgan fingerprint density at radius 1 is 1.03 bits per heavy atom. The third-order valence-electron chi connectivity index (χ3n) is 7.71. The largest absolute Gasteiger partial charge is 0.349 e. The van der Waals surface area contributed by atoms with Crippen LogP contribution >= 0.6 is 24.8 Å². The Morgan fingerprint density at radius 3 is 2.40 bits per heavy atom. The number of nitrogens with zero attached hydrogens (tertiary/aromatic N) is 3. The molecule has 5 rings (SSSR count). The number of hydrogen-bond acceptors (Lipinski definition) is 4. The van der Waals surface area contributed by atoms with Gasteiger partial charge in [-0.25, -0.2) is 0 Å². The molecule has 2 aromatic rings. The average Bonchev–Trinajstić information content (AvgIpc) is 3.67. The van der Waals surface area contributed by atoms with E-state index in [0.717, 1.165) is 70.3 Å². The van der Waals surface area contributed by atoms with Gasteiger partial charge in [0.15, 0.2) is 0 Å². The SMILES string of the molecule is Cl.Cl.O=C(NC(CCN1CCC2(CC1)CCN(Cc1cccnc1)C2=O)c1ccccc1)C1CC1. The van der Waals surface area contributed by atoms with E-state index in [1.165, 1.54) is 5.56 Å². The molecular formula is C27H36Cl2N4O2. The number of carbonyl (C=O) groups is 2. The second-order valence-corrected chi connectivity index (χ2v) is 9.99. The molecule has 1 spiro atoms. The molecule has 6 nitrogen and oxygen atoms in total. The number of hydrogen-bond donors (Lipinski definition) is 1. The molecule has 8 heteroatoms. The first-order valence-electron chi connectivity index (χ1n) is 12.4. The van der Waals surface area contributed by atoms with Crippen LogP contribution in [0.4, 0.5) is 0 Å². The van der Waals surface area contributed by atoms with Crippen molar-refractivity contribution in [2.45, 2.75) is 51.1 Å². The zero-order chi connectivity index (χ0) is 22.7. The van der Waals surface area contributed by atoms with Crippen molar-refractivity contribution in [2.24, 2.45) is 11.3 Å². The number of carbonyl (C=O) groups excluding carboxylic acids is 2. The Morgan fingerprint density at radius 2 is 1.74 bits per heavy atom. The molecule has 1 aromatic carbocycles. The summed E-state index contributed by atoms with van der Waals surface area (Å²) in [5.74, 6) is 0.741. The number of halogens is 2. The van der Waals surface area contributed by atoms with Gasteiger partial charge >= 0.3 is 0 Å². The lowest BCUT2D eigenvalue weighted by molar-refractivity contribution is -0.139. The maximum atomic E-state index is 13.3. The molecular weight excluding hydrogens is 483 g/mol. The van der Waals surface area contributed by atoms with Crippen LogP contribution in [-0.4, -0.2) is 52.8 Å². The summed E-state index contributed by atoms with van der Waals surface area (Å²) < 4.78 is 0. The topological polar surface area (TPSA) is 65.5 Å². The fraction of sp³-hybridized carbons (Fsp3) is 0.519. The predicted octanol–water partition coefficient (Wildman–Crippen LogP) is 4.40. The molecule has 1 unspecified atom stereocenters. The summed E-state index contributed by atoms with van der Waals surface area (Å²) in [5, 5.41) is 3.29. The van der Waals surface area contributed by atoms with Crippen LogP contribution in [0.3, 0.4) is 0 Å². The van der Waals surface area contributed by atoms with Gasteiger partial charge in [-0.1, -0.05) is 36.4 Å². The van der Waals surface area contributed by atoms with Crippen LogP contribution in [0.25, 0.3) is 0 Å². The van der Waals surface area contributed by atoms with Crippen LogP contribution in [0.1, 0.15) is 55.7 Å². The summed E-state index contributed by atoms with van der Waals surface area (Å²) in [6.45, 7) is 4.35. The van der Waals surface area contributed by atoms with Gasteiger partial charge in [-0.2, -0.15) is 0 Å². The van der Waals surface area contributed by atoms with Crippen LogP contribution in [0.2, 0.25) is 0 Å². The number of rotatable bonds is 8. The molecule has 1 aromatic heterocycles. The van der Waals surface area contributed by atoms with E-state index in [4.69, 9.17) is 0 Å². The van der Waals surface area contributed by atoms with E-state index in [2.05, 4.69) is 27.3 Å². The summed E-state index contributed by atoms with van der Waals surface area (Å²) in [7, 11) is 0. The molecule has 3 fully saturated rings. The third-order valence-corrected chi connectivity index (χ3v) is 7.71. The second kappa shape index (κ2) is 12.2. The first-order chi connectivity index (χ1) is 16.1. The molecule has 190 valence electrons. The summed E-state index contributed by atoms with van der Waals surface area (Å²) in [6, 6.07) is 14.3.